The number of ether oxygens (including phenoxy) is 1. The van der Waals surface area contributed by atoms with Crippen LogP contribution >= 0.6 is 0 Å². The van der Waals surface area contributed by atoms with E-state index in [1.807, 2.05) is 48.9 Å². The molecule has 1 fully saturated rings. The molecule has 2 aliphatic heterocycles. The van der Waals surface area contributed by atoms with E-state index in [4.69, 9.17) is 4.74 Å². The van der Waals surface area contributed by atoms with Crippen LogP contribution in [0.3, 0.4) is 0 Å². The van der Waals surface area contributed by atoms with Gasteiger partial charge in [-0.25, -0.2) is 8.42 Å². The predicted molar refractivity (Wildman–Crippen MR) is 145 cm³/mol. The van der Waals surface area contributed by atoms with Crippen molar-refractivity contribution in [1.29, 1.82) is 0 Å². The highest BCUT2D eigenvalue weighted by atomic mass is 32.2. The van der Waals surface area contributed by atoms with Crippen molar-refractivity contribution in [3.8, 4) is 0 Å². The van der Waals surface area contributed by atoms with Crippen molar-refractivity contribution in [3.05, 3.63) is 89.0 Å². The summed E-state index contributed by atoms with van der Waals surface area (Å²) in [7, 11) is -4.37. The molecule has 2 aliphatic rings. The van der Waals surface area contributed by atoms with Gasteiger partial charge in [-0.3, -0.25) is 9.52 Å². The van der Waals surface area contributed by atoms with Gasteiger partial charge in [-0.1, -0.05) is 44.2 Å². The summed E-state index contributed by atoms with van der Waals surface area (Å²) in [6, 6.07) is 14.5. The lowest BCUT2D eigenvalue weighted by atomic mass is 9.91. The zero-order valence-electron chi connectivity index (χ0n) is 22.5. The summed E-state index contributed by atoms with van der Waals surface area (Å²) in [5.41, 5.74) is -2.39. The van der Waals surface area contributed by atoms with Gasteiger partial charge >= 0.3 is 12.4 Å². The maximum absolute atomic E-state index is 13.1. The summed E-state index contributed by atoms with van der Waals surface area (Å²) in [6.45, 7) is 5.02. The molecule has 5 rings (SSSR count). The number of hydrogen-bond donors (Lipinski definition) is 2. The zero-order chi connectivity index (χ0) is 30.9. The molecule has 1 saturated heterocycles. The summed E-state index contributed by atoms with van der Waals surface area (Å²) < 4.78 is 111. The zero-order valence-corrected chi connectivity index (χ0v) is 23.3. The maximum atomic E-state index is 13.1. The van der Waals surface area contributed by atoms with Gasteiger partial charge < -0.3 is 10.1 Å². The number of fused-ring (bicyclic) bond motifs is 3. The number of rotatable bonds is 5. The first-order chi connectivity index (χ1) is 19.6. The fraction of sp³-hybridized carbons (Fsp3) is 0.345. The third kappa shape index (κ3) is 7.06. The fourth-order valence-electron chi connectivity index (χ4n) is 4.77. The highest BCUT2D eigenvalue weighted by Gasteiger charge is 2.43. The topological polar surface area (TPSA) is 84.5 Å². The molecule has 0 amide bonds. The number of sulfonamides is 1. The van der Waals surface area contributed by atoms with Crippen LogP contribution < -0.4 is 10.0 Å². The van der Waals surface area contributed by atoms with Gasteiger partial charge in [0.25, 0.3) is 10.0 Å². The predicted octanol–water partition coefficient (Wildman–Crippen LogP) is 7.55. The van der Waals surface area contributed by atoms with Crippen molar-refractivity contribution in [2.75, 3.05) is 23.2 Å². The van der Waals surface area contributed by atoms with E-state index in [9.17, 15) is 39.6 Å². The van der Waals surface area contributed by atoms with Crippen LogP contribution in [0, 0.1) is 11.8 Å². The van der Waals surface area contributed by atoms with Crippen LogP contribution in [0.5, 0.6) is 0 Å². The van der Waals surface area contributed by atoms with Gasteiger partial charge in [-0.2, -0.15) is 26.3 Å². The van der Waals surface area contributed by atoms with Crippen LogP contribution in [0.1, 0.15) is 53.4 Å². The van der Waals surface area contributed by atoms with Crippen molar-refractivity contribution in [3.63, 3.8) is 0 Å². The Labute approximate surface area is 239 Å². The molecule has 2 atom stereocenters. The third-order valence-electron chi connectivity index (χ3n) is 6.87. The Morgan fingerprint density at radius 2 is 1.60 bits per heavy atom. The summed E-state index contributed by atoms with van der Waals surface area (Å²) in [5, 5.41) is 3.18. The quantitative estimate of drug-likeness (QED) is 0.229. The first-order valence-corrected chi connectivity index (χ1v) is 14.5. The number of benzene rings is 3. The number of Topliss-reactive ketones (excluding diaryl/α,β-unsaturated/α-hetero) is 1. The monoisotopic (exact) mass is 614 g/mol. The lowest BCUT2D eigenvalue weighted by Crippen LogP contribution is -2.25. The Hall–Kier alpha value is -3.58. The lowest BCUT2D eigenvalue weighted by molar-refractivity contribution is -0.162. The van der Waals surface area contributed by atoms with E-state index in [-0.39, 0.29) is 40.8 Å². The molecule has 13 heteroatoms. The number of halogens is 6. The van der Waals surface area contributed by atoms with Gasteiger partial charge in [0, 0.05) is 47.5 Å². The highest BCUT2D eigenvalue weighted by molar-refractivity contribution is 7.92. The Morgan fingerprint density at radius 1 is 0.929 bits per heavy atom. The number of hydrogen-bond acceptors (Lipinski definition) is 5. The Kier molecular flexibility index (Phi) is 8.93. The summed E-state index contributed by atoms with van der Waals surface area (Å²) in [5.74, 6) is 0.477. The molecule has 2 heterocycles. The maximum Gasteiger partial charge on any atom is 0.417 e. The molecule has 226 valence electrons. The number of alkyl halides is 6. The molecule has 0 saturated carbocycles. The molecule has 42 heavy (non-hydrogen) atoms. The minimum absolute atomic E-state index is 0.0948. The second-order valence-electron chi connectivity index (χ2n) is 10.2. The fourth-order valence-corrected chi connectivity index (χ4v) is 5.86. The molecule has 0 spiro atoms. The number of anilines is 2. The van der Waals surface area contributed by atoms with Crippen LogP contribution in [0.2, 0.25) is 0 Å². The second-order valence-corrected chi connectivity index (χ2v) is 11.9. The van der Waals surface area contributed by atoms with E-state index in [2.05, 4.69) is 5.32 Å². The Morgan fingerprint density at radius 3 is 2.21 bits per heavy atom. The van der Waals surface area contributed by atoms with E-state index < -0.39 is 39.2 Å². The Balaban J connectivity index is 0.000000310. The minimum Gasteiger partial charge on any atom is -0.384 e. The molecular formula is C29H28F6N2O4S. The standard InChI is InChI=1S/C19H16F6N2O3S.C10H12O/c20-18(21,22)14-3-1-11(7-15(14)19(23,24)25)27-31(28,29)12-2-4-16-13(8-12)17-10(9-26-16)5-6-30-17;1-8(2)10(11)9-6-4-3-5-7-9/h1-4,7-8,10,17,26-27H,5-6,9H2;3-8H,1-2H3/t10?,17-;/m0./s1. The largest absolute Gasteiger partial charge is 0.417 e. The minimum atomic E-state index is -5.32. The van der Waals surface area contributed by atoms with E-state index in [0.29, 0.717) is 30.5 Å². The lowest BCUT2D eigenvalue weighted by Gasteiger charge is -2.28. The number of carbonyl (C=O) groups excluding carboxylic acids is 1. The van der Waals surface area contributed by atoms with Crippen LogP contribution in [0.15, 0.2) is 71.6 Å². The van der Waals surface area contributed by atoms with Crippen LogP contribution in [-0.4, -0.2) is 27.4 Å². The number of nitrogens with one attached hydrogen (secondary N) is 2. The van der Waals surface area contributed by atoms with Crippen molar-refractivity contribution < 1.29 is 44.3 Å². The summed E-state index contributed by atoms with van der Waals surface area (Å²) in [4.78, 5) is 11.1. The highest BCUT2D eigenvalue weighted by Crippen LogP contribution is 2.43. The Bertz CT molecular complexity index is 1540. The van der Waals surface area contributed by atoms with Gasteiger partial charge in [0.05, 0.1) is 22.1 Å². The molecule has 0 aromatic heterocycles. The normalized spacial score (nSPS) is 18.3. The van der Waals surface area contributed by atoms with E-state index >= 15 is 0 Å². The molecule has 3 aromatic carbocycles. The molecule has 6 nitrogen and oxygen atoms in total. The van der Waals surface area contributed by atoms with E-state index in [0.717, 1.165) is 12.0 Å². The summed E-state index contributed by atoms with van der Waals surface area (Å²) in [6.07, 6.45) is -10.1. The molecule has 1 unspecified atom stereocenters. The van der Waals surface area contributed by atoms with Gasteiger partial charge in [0.1, 0.15) is 0 Å². The first-order valence-electron chi connectivity index (χ1n) is 13.0. The van der Waals surface area contributed by atoms with Gasteiger partial charge in [0.15, 0.2) is 5.78 Å². The third-order valence-corrected chi connectivity index (χ3v) is 8.25. The molecular weight excluding hydrogens is 586 g/mol. The number of ketones is 1. The smallest absolute Gasteiger partial charge is 0.384 e. The van der Waals surface area contributed by atoms with Crippen molar-refractivity contribution >= 4 is 27.2 Å². The van der Waals surface area contributed by atoms with Crippen LogP contribution in [-0.2, 0) is 27.1 Å². The molecule has 2 N–H and O–H groups in total. The van der Waals surface area contributed by atoms with Crippen LogP contribution in [0.25, 0.3) is 0 Å². The van der Waals surface area contributed by atoms with Crippen molar-refractivity contribution in [2.45, 2.75) is 43.6 Å². The van der Waals surface area contributed by atoms with E-state index in [1.54, 1.807) is 0 Å². The first kappa shape index (κ1) is 31.4. The average molecular weight is 615 g/mol. The SMILES string of the molecule is CC(C)C(=O)c1ccccc1.O=S(=O)(Nc1ccc(C(F)(F)F)c(C(F)(F)F)c1)c1ccc2c(c1)[C@H]1OCCC1CN2. The van der Waals surface area contributed by atoms with Gasteiger partial charge in [-0.05, 0) is 42.8 Å². The van der Waals surface area contributed by atoms with Crippen molar-refractivity contribution in [1.82, 2.24) is 0 Å². The van der Waals surface area contributed by atoms with E-state index in [1.165, 1.54) is 18.2 Å². The average Bonchev–Trinajstić information content (AvgIpc) is 3.41. The van der Waals surface area contributed by atoms with Crippen LogP contribution in [0.4, 0.5) is 37.7 Å². The summed E-state index contributed by atoms with van der Waals surface area (Å²) >= 11 is 0. The number of carbonyl (C=O) groups is 1. The van der Waals surface area contributed by atoms with Gasteiger partial charge in [0.2, 0.25) is 0 Å². The van der Waals surface area contributed by atoms with Crippen molar-refractivity contribution in [2.24, 2.45) is 11.8 Å². The van der Waals surface area contributed by atoms with Gasteiger partial charge in [-0.15, -0.1) is 0 Å². The molecule has 3 aromatic rings. The molecule has 0 aliphatic carbocycles. The molecule has 0 radical (unpaired) electrons. The molecule has 0 bridgehead atoms. The second kappa shape index (κ2) is 12.0.